The van der Waals surface area contributed by atoms with E-state index >= 15 is 0 Å². The topological polar surface area (TPSA) is 50.2 Å². The Labute approximate surface area is 107 Å². The predicted molar refractivity (Wildman–Crippen MR) is 73.9 cm³/mol. The van der Waals surface area contributed by atoms with Crippen molar-refractivity contribution in [2.75, 3.05) is 5.43 Å². The quantitative estimate of drug-likeness (QED) is 0.663. The lowest BCUT2D eigenvalue weighted by molar-refractivity contribution is 1.04. The van der Waals surface area contributed by atoms with Gasteiger partial charge < -0.3 is 0 Å². The minimum absolute atomic E-state index is 0.524. The third-order valence-corrected chi connectivity index (χ3v) is 2.44. The Kier molecular flexibility index (Phi) is 3.67. The van der Waals surface area contributed by atoms with Gasteiger partial charge in [-0.15, -0.1) is 0 Å². The number of aryl methyl sites for hydroxylation is 3. The van der Waals surface area contributed by atoms with E-state index in [1.165, 1.54) is 5.56 Å². The lowest BCUT2D eigenvalue weighted by Crippen LogP contribution is -1.99. The van der Waals surface area contributed by atoms with Crippen LogP contribution in [0.3, 0.4) is 0 Å². The highest BCUT2D eigenvalue weighted by Gasteiger charge is 1.96. The minimum atomic E-state index is 0.524. The largest absolute Gasteiger partial charge is 0.245 e. The molecule has 0 saturated carbocycles. The molecule has 0 aliphatic heterocycles. The Hall–Kier alpha value is -2.23. The molecule has 92 valence electrons. The number of hydrogen-bond acceptors (Lipinski definition) is 4. The molecule has 0 fully saturated rings. The molecule has 18 heavy (non-hydrogen) atoms. The fourth-order valence-corrected chi connectivity index (χ4v) is 1.59. The van der Waals surface area contributed by atoms with Gasteiger partial charge in [0.1, 0.15) is 0 Å². The second kappa shape index (κ2) is 5.40. The molecule has 4 heteroatoms. The summed E-state index contributed by atoms with van der Waals surface area (Å²) in [6.07, 6.45) is 1.75. The molecule has 0 aliphatic rings. The number of hydrogen-bond donors (Lipinski definition) is 1. The maximum atomic E-state index is 4.24. The van der Waals surface area contributed by atoms with Crippen molar-refractivity contribution in [2.24, 2.45) is 5.10 Å². The second-order valence-electron chi connectivity index (χ2n) is 4.25. The highest BCUT2D eigenvalue weighted by atomic mass is 15.3. The average molecular weight is 240 g/mol. The fraction of sp³-hybridized carbons (Fsp3) is 0.214. The van der Waals surface area contributed by atoms with Crippen molar-refractivity contribution in [1.29, 1.82) is 0 Å². The second-order valence-corrected chi connectivity index (χ2v) is 4.25. The van der Waals surface area contributed by atoms with Crippen LogP contribution in [0.1, 0.15) is 22.5 Å². The molecule has 0 radical (unpaired) electrons. The van der Waals surface area contributed by atoms with Gasteiger partial charge in [-0.1, -0.05) is 29.8 Å². The van der Waals surface area contributed by atoms with Crippen LogP contribution in [0.2, 0.25) is 0 Å². The van der Waals surface area contributed by atoms with Gasteiger partial charge in [0, 0.05) is 11.4 Å². The smallest absolute Gasteiger partial charge is 0.243 e. The first kappa shape index (κ1) is 12.2. The Morgan fingerprint density at radius 3 is 2.22 bits per heavy atom. The van der Waals surface area contributed by atoms with Gasteiger partial charge in [0.25, 0.3) is 0 Å². The fourth-order valence-electron chi connectivity index (χ4n) is 1.59. The molecule has 1 aromatic heterocycles. The molecule has 0 spiro atoms. The van der Waals surface area contributed by atoms with Crippen LogP contribution in [0.15, 0.2) is 35.4 Å². The number of benzene rings is 1. The van der Waals surface area contributed by atoms with Crippen LogP contribution in [0.4, 0.5) is 5.95 Å². The van der Waals surface area contributed by atoms with Gasteiger partial charge in [-0.05, 0) is 32.4 Å². The molecule has 0 atom stereocenters. The first-order chi connectivity index (χ1) is 8.63. The molecule has 1 heterocycles. The van der Waals surface area contributed by atoms with E-state index < -0.39 is 0 Å². The van der Waals surface area contributed by atoms with E-state index in [4.69, 9.17) is 0 Å². The van der Waals surface area contributed by atoms with E-state index in [2.05, 4.69) is 39.6 Å². The van der Waals surface area contributed by atoms with E-state index in [-0.39, 0.29) is 0 Å². The van der Waals surface area contributed by atoms with E-state index in [1.54, 1.807) is 6.21 Å². The average Bonchev–Trinajstić information content (AvgIpc) is 2.30. The first-order valence-electron chi connectivity index (χ1n) is 5.81. The lowest BCUT2D eigenvalue weighted by Gasteiger charge is -2.01. The van der Waals surface area contributed by atoms with Crippen LogP contribution in [-0.2, 0) is 0 Å². The first-order valence-corrected chi connectivity index (χ1v) is 5.81. The van der Waals surface area contributed by atoms with E-state index in [0.717, 1.165) is 17.0 Å². The zero-order chi connectivity index (χ0) is 13.0. The maximum Gasteiger partial charge on any atom is 0.243 e. The predicted octanol–water partition coefficient (Wildman–Crippen LogP) is 2.85. The van der Waals surface area contributed by atoms with Crippen LogP contribution in [-0.4, -0.2) is 16.2 Å². The number of nitrogens with zero attached hydrogens (tertiary/aromatic N) is 3. The highest BCUT2D eigenvalue weighted by molar-refractivity contribution is 5.80. The molecular formula is C14H16N4. The molecule has 0 amide bonds. The van der Waals surface area contributed by atoms with E-state index in [0.29, 0.717) is 5.95 Å². The molecule has 2 rings (SSSR count). The lowest BCUT2D eigenvalue weighted by atomic mass is 10.2. The highest BCUT2D eigenvalue weighted by Crippen LogP contribution is 2.04. The Morgan fingerprint density at radius 2 is 1.61 bits per heavy atom. The van der Waals surface area contributed by atoms with Crippen molar-refractivity contribution in [3.05, 3.63) is 52.8 Å². The summed E-state index contributed by atoms with van der Waals surface area (Å²) in [4.78, 5) is 8.49. The molecule has 0 bridgehead atoms. The van der Waals surface area contributed by atoms with Crippen molar-refractivity contribution < 1.29 is 0 Å². The van der Waals surface area contributed by atoms with Crippen LogP contribution in [0.5, 0.6) is 0 Å². The van der Waals surface area contributed by atoms with Crippen molar-refractivity contribution in [2.45, 2.75) is 20.8 Å². The number of anilines is 1. The number of rotatable bonds is 3. The van der Waals surface area contributed by atoms with Gasteiger partial charge in [0.2, 0.25) is 5.95 Å². The number of aromatic nitrogens is 2. The summed E-state index contributed by atoms with van der Waals surface area (Å²) in [5.41, 5.74) is 6.96. The molecule has 0 saturated heterocycles. The number of nitrogens with one attached hydrogen (secondary N) is 1. The molecule has 1 aromatic carbocycles. The SMILES string of the molecule is Cc1ccc(C=NNc2nc(C)cc(C)n2)cc1. The molecule has 1 N–H and O–H groups in total. The van der Waals surface area contributed by atoms with Crippen molar-refractivity contribution in [1.82, 2.24) is 9.97 Å². The third kappa shape index (κ3) is 3.38. The summed E-state index contributed by atoms with van der Waals surface area (Å²) in [7, 11) is 0. The standard InChI is InChI=1S/C14H16N4/c1-10-4-6-13(7-5-10)9-15-18-14-16-11(2)8-12(3)17-14/h4-9H,1-3H3,(H,16,17,18). The van der Waals surface area contributed by atoms with Crippen LogP contribution < -0.4 is 5.43 Å². The minimum Gasteiger partial charge on any atom is -0.245 e. The molecular weight excluding hydrogens is 224 g/mol. The van der Waals surface area contributed by atoms with Gasteiger partial charge in [0.15, 0.2) is 0 Å². The number of hydrazone groups is 1. The molecule has 0 unspecified atom stereocenters. The van der Waals surface area contributed by atoms with Crippen LogP contribution >= 0.6 is 0 Å². The summed E-state index contributed by atoms with van der Waals surface area (Å²) in [5.74, 6) is 0.524. The molecule has 2 aromatic rings. The van der Waals surface area contributed by atoms with Crippen LogP contribution in [0, 0.1) is 20.8 Å². The summed E-state index contributed by atoms with van der Waals surface area (Å²) >= 11 is 0. The monoisotopic (exact) mass is 240 g/mol. The van der Waals surface area contributed by atoms with Crippen molar-refractivity contribution in [3.63, 3.8) is 0 Å². The van der Waals surface area contributed by atoms with Crippen molar-refractivity contribution >= 4 is 12.2 Å². The molecule has 0 aliphatic carbocycles. The maximum absolute atomic E-state index is 4.24. The van der Waals surface area contributed by atoms with Crippen molar-refractivity contribution in [3.8, 4) is 0 Å². The van der Waals surface area contributed by atoms with E-state index in [9.17, 15) is 0 Å². The third-order valence-electron chi connectivity index (χ3n) is 2.44. The Morgan fingerprint density at radius 1 is 1.00 bits per heavy atom. The summed E-state index contributed by atoms with van der Waals surface area (Å²) in [6, 6.07) is 10.1. The summed E-state index contributed by atoms with van der Waals surface area (Å²) < 4.78 is 0. The summed E-state index contributed by atoms with van der Waals surface area (Å²) in [5, 5.41) is 4.12. The normalized spacial score (nSPS) is 10.8. The van der Waals surface area contributed by atoms with Gasteiger partial charge in [-0.3, -0.25) is 0 Å². The van der Waals surface area contributed by atoms with Gasteiger partial charge >= 0.3 is 0 Å². The van der Waals surface area contributed by atoms with Gasteiger partial charge in [0.05, 0.1) is 6.21 Å². The van der Waals surface area contributed by atoms with E-state index in [1.807, 2.05) is 32.0 Å². The Bertz CT molecular complexity index is 538. The zero-order valence-electron chi connectivity index (χ0n) is 10.8. The Balaban J connectivity index is 2.04. The molecule has 4 nitrogen and oxygen atoms in total. The van der Waals surface area contributed by atoms with Gasteiger partial charge in [-0.2, -0.15) is 5.10 Å². The summed E-state index contributed by atoms with van der Waals surface area (Å²) in [6.45, 7) is 5.93. The zero-order valence-corrected chi connectivity index (χ0v) is 10.8. The van der Waals surface area contributed by atoms with Gasteiger partial charge in [-0.25, -0.2) is 15.4 Å². The van der Waals surface area contributed by atoms with Crippen LogP contribution in [0.25, 0.3) is 0 Å².